The fourth-order valence-corrected chi connectivity index (χ4v) is 3.58. The third-order valence-electron chi connectivity index (χ3n) is 5.21. The number of ether oxygens (including phenoxy) is 1. The molecule has 3 aromatic rings. The molecule has 0 radical (unpaired) electrons. The van der Waals surface area contributed by atoms with Crippen molar-refractivity contribution in [3.8, 4) is 0 Å². The van der Waals surface area contributed by atoms with Gasteiger partial charge in [0.15, 0.2) is 0 Å². The van der Waals surface area contributed by atoms with E-state index in [0.29, 0.717) is 12.2 Å². The molecule has 0 saturated carbocycles. The third kappa shape index (κ3) is 6.34. The van der Waals surface area contributed by atoms with Gasteiger partial charge in [-0.15, -0.1) is 5.10 Å². The molecule has 7 nitrogen and oxygen atoms in total. The van der Waals surface area contributed by atoms with Crippen LogP contribution in [0.4, 0.5) is 0 Å². The molecule has 0 unspecified atom stereocenters. The number of hydrogen-bond acceptors (Lipinski definition) is 5. The number of rotatable bonds is 8. The third-order valence-corrected chi connectivity index (χ3v) is 5.21. The Morgan fingerprint density at radius 3 is 2.52 bits per heavy atom. The monoisotopic (exact) mass is 417 g/mol. The summed E-state index contributed by atoms with van der Waals surface area (Å²) in [5.74, 6) is -0.153. The molecule has 1 aliphatic heterocycles. The quantitative estimate of drug-likeness (QED) is 0.571. The van der Waals surface area contributed by atoms with Gasteiger partial charge in [-0.1, -0.05) is 65.9 Å². The van der Waals surface area contributed by atoms with Gasteiger partial charge in [0, 0.05) is 25.7 Å². The second-order valence-electron chi connectivity index (χ2n) is 7.54. The van der Waals surface area contributed by atoms with Gasteiger partial charge >= 0.3 is 0 Å². The lowest BCUT2D eigenvalue weighted by Gasteiger charge is -2.30. The Bertz CT molecular complexity index is 981. The van der Waals surface area contributed by atoms with Gasteiger partial charge in [-0.3, -0.25) is 9.69 Å². The average molecular weight is 418 g/mol. The van der Waals surface area contributed by atoms with Gasteiger partial charge in [-0.2, -0.15) is 0 Å². The Labute approximate surface area is 182 Å². The highest BCUT2D eigenvalue weighted by Gasteiger charge is 2.19. The topological polar surface area (TPSA) is 72.3 Å². The van der Waals surface area contributed by atoms with Gasteiger partial charge in [0.2, 0.25) is 5.91 Å². The smallest absolute Gasteiger partial charge is 0.244 e. The number of amides is 1. The molecule has 0 bridgehead atoms. The van der Waals surface area contributed by atoms with Gasteiger partial charge in [-0.25, -0.2) is 4.68 Å². The lowest BCUT2D eigenvalue weighted by Crippen LogP contribution is -2.42. The molecular formula is C24H27N5O2. The Morgan fingerprint density at radius 1 is 1.06 bits per heavy atom. The zero-order valence-electron chi connectivity index (χ0n) is 17.4. The van der Waals surface area contributed by atoms with Gasteiger partial charge in [0.05, 0.1) is 32.0 Å². The molecule has 0 spiro atoms. The van der Waals surface area contributed by atoms with Crippen LogP contribution in [0.15, 0.2) is 72.9 Å². The number of hydrogen-bond donors (Lipinski definition) is 1. The first-order valence-electron chi connectivity index (χ1n) is 10.5. The van der Waals surface area contributed by atoms with E-state index in [0.717, 1.165) is 44.0 Å². The van der Waals surface area contributed by atoms with Crippen LogP contribution in [-0.2, 0) is 16.1 Å². The van der Waals surface area contributed by atoms with Crippen molar-refractivity contribution >= 4 is 12.0 Å². The normalized spacial score (nSPS) is 15.7. The molecule has 1 atom stereocenters. The molecule has 7 heteroatoms. The van der Waals surface area contributed by atoms with Crippen molar-refractivity contribution in [1.82, 2.24) is 25.2 Å². The molecule has 4 rings (SSSR count). The molecule has 1 amide bonds. The van der Waals surface area contributed by atoms with Crippen molar-refractivity contribution in [3.63, 3.8) is 0 Å². The minimum absolute atomic E-state index is 0.0924. The predicted octanol–water partition coefficient (Wildman–Crippen LogP) is 2.53. The Balaban J connectivity index is 1.37. The average Bonchev–Trinajstić information content (AvgIpc) is 3.26. The molecule has 1 aliphatic rings. The highest BCUT2D eigenvalue weighted by atomic mass is 16.5. The van der Waals surface area contributed by atoms with Crippen molar-refractivity contribution in [1.29, 1.82) is 0 Å². The van der Waals surface area contributed by atoms with Crippen molar-refractivity contribution in [2.45, 2.75) is 12.6 Å². The van der Waals surface area contributed by atoms with E-state index in [4.69, 9.17) is 4.74 Å². The van der Waals surface area contributed by atoms with Crippen molar-refractivity contribution in [2.75, 3.05) is 32.8 Å². The molecule has 0 aliphatic carbocycles. The summed E-state index contributed by atoms with van der Waals surface area (Å²) in [4.78, 5) is 15.0. The maximum atomic E-state index is 12.6. The van der Waals surface area contributed by atoms with Gasteiger partial charge < -0.3 is 10.1 Å². The maximum Gasteiger partial charge on any atom is 0.244 e. The molecule has 1 aromatic heterocycles. The van der Waals surface area contributed by atoms with Crippen LogP contribution in [0.1, 0.15) is 22.9 Å². The van der Waals surface area contributed by atoms with E-state index in [1.54, 1.807) is 10.8 Å². The van der Waals surface area contributed by atoms with E-state index in [-0.39, 0.29) is 11.9 Å². The molecular weight excluding hydrogens is 390 g/mol. The standard InChI is InChI=1S/C24H27N5O2/c30-24(12-11-22-18-29(27-26-22)17-20-7-3-1-4-8-20)25-23(21-9-5-2-6-10-21)19-28-13-15-31-16-14-28/h1-12,18,23H,13-17,19H2,(H,25,30)/b12-11+/t23-/m0/s1. The zero-order chi connectivity index (χ0) is 21.3. The number of carbonyl (C=O) groups is 1. The van der Waals surface area contributed by atoms with Crippen molar-refractivity contribution < 1.29 is 9.53 Å². The number of nitrogens with one attached hydrogen (secondary N) is 1. The summed E-state index contributed by atoms with van der Waals surface area (Å²) >= 11 is 0. The van der Waals surface area contributed by atoms with Gasteiger partial charge in [0.25, 0.3) is 0 Å². The number of morpholine rings is 1. The highest BCUT2D eigenvalue weighted by molar-refractivity contribution is 5.91. The maximum absolute atomic E-state index is 12.6. The van der Waals surface area contributed by atoms with E-state index in [1.807, 2.05) is 66.9 Å². The van der Waals surface area contributed by atoms with Crippen molar-refractivity contribution in [3.05, 3.63) is 89.8 Å². The van der Waals surface area contributed by atoms with Crippen LogP contribution in [0.2, 0.25) is 0 Å². The number of benzene rings is 2. The summed E-state index contributed by atoms with van der Waals surface area (Å²) in [5, 5.41) is 11.4. The zero-order valence-corrected chi connectivity index (χ0v) is 17.4. The van der Waals surface area contributed by atoms with E-state index >= 15 is 0 Å². The summed E-state index contributed by atoms with van der Waals surface area (Å²) in [6.07, 6.45) is 5.05. The van der Waals surface area contributed by atoms with Crippen LogP contribution in [-0.4, -0.2) is 58.6 Å². The first-order valence-corrected chi connectivity index (χ1v) is 10.5. The Hall–Kier alpha value is -3.29. The fraction of sp³-hybridized carbons (Fsp3) is 0.292. The molecule has 2 heterocycles. The Kier molecular flexibility index (Phi) is 7.20. The van der Waals surface area contributed by atoms with E-state index in [2.05, 4.69) is 20.5 Å². The summed E-state index contributed by atoms with van der Waals surface area (Å²) < 4.78 is 7.20. The highest BCUT2D eigenvalue weighted by Crippen LogP contribution is 2.15. The number of nitrogens with zero attached hydrogens (tertiary/aromatic N) is 4. The predicted molar refractivity (Wildman–Crippen MR) is 119 cm³/mol. The molecule has 1 fully saturated rings. The molecule has 2 aromatic carbocycles. The van der Waals surface area contributed by atoms with Crippen LogP contribution in [0, 0.1) is 0 Å². The van der Waals surface area contributed by atoms with E-state index in [9.17, 15) is 4.79 Å². The van der Waals surface area contributed by atoms with Crippen molar-refractivity contribution in [2.24, 2.45) is 0 Å². The summed E-state index contributed by atoms with van der Waals surface area (Å²) in [5.41, 5.74) is 2.88. The SMILES string of the molecule is O=C(/C=C/c1cn(Cc2ccccc2)nn1)N[C@@H](CN1CCOCC1)c1ccccc1. The minimum atomic E-state index is -0.153. The minimum Gasteiger partial charge on any atom is -0.379 e. The van der Waals surface area contributed by atoms with Crippen LogP contribution in [0.5, 0.6) is 0 Å². The molecule has 31 heavy (non-hydrogen) atoms. The van der Waals surface area contributed by atoms with Crippen LogP contribution < -0.4 is 5.32 Å². The van der Waals surface area contributed by atoms with Crippen LogP contribution in [0.3, 0.4) is 0 Å². The first-order chi connectivity index (χ1) is 15.3. The fourth-order valence-electron chi connectivity index (χ4n) is 3.58. The molecule has 1 saturated heterocycles. The second kappa shape index (κ2) is 10.7. The number of carbonyl (C=O) groups excluding carboxylic acids is 1. The second-order valence-corrected chi connectivity index (χ2v) is 7.54. The summed E-state index contributed by atoms with van der Waals surface area (Å²) in [6.45, 7) is 4.60. The Morgan fingerprint density at radius 2 is 1.77 bits per heavy atom. The number of aromatic nitrogens is 3. The van der Waals surface area contributed by atoms with E-state index < -0.39 is 0 Å². The molecule has 1 N–H and O–H groups in total. The lowest BCUT2D eigenvalue weighted by molar-refractivity contribution is -0.117. The van der Waals surface area contributed by atoms with Crippen LogP contribution in [0.25, 0.3) is 6.08 Å². The largest absolute Gasteiger partial charge is 0.379 e. The first kappa shape index (κ1) is 21.0. The van der Waals surface area contributed by atoms with E-state index in [1.165, 1.54) is 6.08 Å². The van der Waals surface area contributed by atoms with Gasteiger partial charge in [-0.05, 0) is 17.2 Å². The lowest BCUT2D eigenvalue weighted by atomic mass is 10.1. The summed E-state index contributed by atoms with van der Waals surface area (Å²) in [6, 6.07) is 20.0. The van der Waals surface area contributed by atoms with Crippen LogP contribution >= 0.6 is 0 Å². The molecule has 160 valence electrons. The summed E-state index contributed by atoms with van der Waals surface area (Å²) in [7, 11) is 0. The van der Waals surface area contributed by atoms with Gasteiger partial charge in [0.1, 0.15) is 5.69 Å².